The number of nitrogens with two attached hydrogens (primary N) is 1. The predicted molar refractivity (Wildman–Crippen MR) is 86.7 cm³/mol. The second-order valence-electron chi connectivity index (χ2n) is 5.62. The van der Waals surface area contributed by atoms with Gasteiger partial charge < -0.3 is 15.4 Å². The van der Waals surface area contributed by atoms with Crippen LogP contribution in [0, 0.1) is 0 Å². The van der Waals surface area contributed by atoms with Gasteiger partial charge in [-0.15, -0.1) is 12.4 Å². The van der Waals surface area contributed by atoms with Crippen LogP contribution in [-0.4, -0.2) is 30.0 Å². The lowest BCUT2D eigenvalue weighted by molar-refractivity contribution is -0.132. The van der Waals surface area contributed by atoms with E-state index in [-0.39, 0.29) is 24.4 Å². The van der Waals surface area contributed by atoms with Crippen molar-refractivity contribution in [3.8, 4) is 5.75 Å². The summed E-state index contributed by atoms with van der Waals surface area (Å²) in [5.41, 5.74) is 6.88. The maximum Gasteiger partial charge on any atom is 0.223 e. The van der Waals surface area contributed by atoms with Crippen LogP contribution in [0.3, 0.4) is 0 Å². The topological polar surface area (TPSA) is 55.6 Å². The average molecular weight is 313 g/mol. The van der Waals surface area contributed by atoms with E-state index in [9.17, 15) is 4.79 Å². The Morgan fingerprint density at radius 1 is 1.38 bits per heavy atom. The number of nitrogens with zero attached hydrogens (tertiary/aromatic N) is 1. The molecule has 0 saturated heterocycles. The zero-order valence-electron chi connectivity index (χ0n) is 12.7. The normalized spacial score (nSPS) is 15.0. The predicted octanol–water partition coefficient (Wildman–Crippen LogP) is 2.74. The first kappa shape index (κ1) is 17.8. The fourth-order valence-corrected chi connectivity index (χ4v) is 2.23. The Balaban J connectivity index is 0.00000220. The first-order chi connectivity index (χ1) is 9.60. The van der Waals surface area contributed by atoms with Crippen molar-refractivity contribution >= 4 is 18.3 Å². The highest BCUT2D eigenvalue weighted by Gasteiger charge is 2.32. The lowest BCUT2D eigenvalue weighted by atomic mass is 10.1. The monoisotopic (exact) mass is 312 g/mol. The Hall–Kier alpha value is -1.26. The minimum absolute atomic E-state index is 0. The van der Waals surface area contributed by atoms with E-state index in [0.717, 1.165) is 30.6 Å². The molecule has 1 aromatic rings. The van der Waals surface area contributed by atoms with Crippen molar-refractivity contribution in [3.63, 3.8) is 0 Å². The van der Waals surface area contributed by atoms with E-state index in [1.54, 1.807) is 7.11 Å². The number of benzene rings is 1. The van der Waals surface area contributed by atoms with Crippen molar-refractivity contribution in [3.05, 3.63) is 29.8 Å². The molecule has 0 radical (unpaired) electrons. The summed E-state index contributed by atoms with van der Waals surface area (Å²) in [6.45, 7) is 2.63. The summed E-state index contributed by atoms with van der Waals surface area (Å²) in [5.74, 6) is 1.07. The van der Waals surface area contributed by atoms with Crippen LogP contribution in [0.1, 0.15) is 38.2 Å². The molecule has 2 N–H and O–H groups in total. The molecule has 0 aliphatic heterocycles. The Bertz CT molecular complexity index is 444. The van der Waals surface area contributed by atoms with Gasteiger partial charge in [0.15, 0.2) is 0 Å². The van der Waals surface area contributed by atoms with Gasteiger partial charge in [-0.2, -0.15) is 0 Å². The van der Waals surface area contributed by atoms with Crippen LogP contribution in [0.5, 0.6) is 5.75 Å². The van der Waals surface area contributed by atoms with Gasteiger partial charge in [0, 0.05) is 25.0 Å². The number of halogens is 1. The maximum atomic E-state index is 12.3. The summed E-state index contributed by atoms with van der Waals surface area (Å²) >= 11 is 0. The van der Waals surface area contributed by atoms with Gasteiger partial charge in [0.2, 0.25) is 5.91 Å². The summed E-state index contributed by atoms with van der Waals surface area (Å²) in [6.07, 6.45) is 3.55. The second-order valence-corrected chi connectivity index (χ2v) is 5.62. The van der Waals surface area contributed by atoms with Crippen molar-refractivity contribution in [2.24, 2.45) is 5.73 Å². The Labute approximate surface area is 133 Å². The van der Waals surface area contributed by atoms with Crippen molar-refractivity contribution in [1.29, 1.82) is 0 Å². The summed E-state index contributed by atoms with van der Waals surface area (Å²) in [6, 6.07) is 8.43. The van der Waals surface area contributed by atoms with Gasteiger partial charge in [-0.05, 0) is 43.9 Å². The Kier molecular flexibility index (Phi) is 6.99. The molecule has 1 atom stereocenters. The van der Waals surface area contributed by atoms with E-state index in [4.69, 9.17) is 10.5 Å². The summed E-state index contributed by atoms with van der Waals surface area (Å²) in [7, 11) is 1.66. The first-order valence-corrected chi connectivity index (χ1v) is 7.28. The van der Waals surface area contributed by atoms with Crippen LogP contribution >= 0.6 is 12.4 Å². The number of carbonyl (C=O) groups excluding carboxylic acids is 1. The van der Waals surface area contributed by atoms with Crippen LogP contribution < -0.4 is 10.5 Å². The van der Waals surface area contributed by atoms with Crippen molar-refractivity contribution in [1.82, 2.24) is 4.90 Å². The molecule has 0 aromatic heterocycles. The summed E-state index contributed by atoms with van der Waals surface area (Å²) in [5, 5.41) is 0. The lowest BCUT2D eigenvalue weighted by Gasteiger charge is -2.23. The van der Waals surface area contributed by atoms with Crippen LogP contribution in [0.25, 0.3) is 0 Å². The molecule has 1 aromatic carbocycles. The Morgan fingerprint density at radius 3 is 2.48 bits per heavy atom. The number of methoxy groups -OCH3 is 1. The van der Waals surface area contributed by atoms with Gasteiger partial charge in [0.1, 0.15) is 5.75 Å². The molecule has 1 aliphatic rings. The third-order valence-corrected chi connectivity index (χ3v) is 3.63. The van der Waals surface area contributed by atoms with Crippen LogP contribution in [-0.2, 0) is 11.3 Å². The molecule has 5 heteroatoms. The highest BCUT2D eigenvalue weighted by Crippen LogP contribution is 2.29. The van der Waals surface area contributed by atoms with Gasteiger partial charge in [0.25, 0.3) is 0 Å². The van der Waals surface area contributed by atoms with Gasteiger partial charge >= 0.3 is 0 Å². The third-order valence-electron chi connectivity index (χ3n) is 3.63. The zero-order chi connectivity index (χ0) is 14.5. The number of ether oxygens (including phenoxy) is 1. The molecule has 1 saturated carbocycles. The molecule has 0 heterocycles. The molecule has 4 nitrogen and oxygen atoms in total. The second kappa shape index (κ2) is 8.25. The number of amides is 1. The fraction of sp³-hybridized carbons (Fsp3) is 0.562. The molecule has 1 fully saturated rings. The summed E-state index contributed by atoms with van der Waals surface area (Å²) in [4.78, 5) is 14.3. The summed E-state index contributed by atoms with van der Waals surface area (Å²) < 4.78 is 5.15. The molecular weight excluding hydrogens is 288 g/mol. The van der Waals surface area contributed by atoms with Crippen molar-refractivity contribution in [2.75, 3.05) is 7.11 Å². The van der Waals surface area contributed by atoms with Crippen molar-refractivity contribution < 1.29 is 9.53 Å². The quantitative estimate of drug-likeness (QED) is 0.842. The first-order valence-electron chi connectivity index (χ1n) is 7.28. The molecule has 0 spiro atoms. The van der Waals surface area contributed by atoms with E-state index >= 15 is 0 Å². The zero-order valence-corrected chi connectivity index (χ0v) is 13.6. The Morgan fingerprint density at radius 2 is 2.00 bits per heavy atom. The minimum Gasteiger partial charge on any atom is -0.497 e. The molecule has 21 heavy (non-hydrogen) atoms. The molecule has 1 amide bonds. The van der Waals surface area contributed by atoms with E-state index < -0.39 is 0 Å². The van der Waals surface area contributed by atoms with E-state index in [1.807, 2.05) is 36.1 Å². The highest BCUT2D eigenvalue weighted by atomic mass is 35.5. The van der Waals surface area contributed by atoms with Crippen LogP contribution in [0.4, 0.5) is 0 Å². The largest absolute Gasteiger partial charge is 0.497 e. The standard InChI is InChI=1S/C16H24N2O2.ClH/c1-12(17)3-10-16(19)18(14-6-7-14)11-13-4-8-15(20-2)9-5-13;/h4-5,8-9,12,14H,3,6-7,10-11,17H2,1-2H3;1H. The lowest BCUT2D eigenvalue weighted by Crippen LogP contribution is -2.33. The van der Waals surface area contributed by atoms with Crippen molar-refractivity contribution in [2.45, 2.75) is 51.2 Å². The van der Waals surface area contributed by atoms with Crippen LogP contribution in [0.2, 0.25) is 0 Å². The van der Waals surface area contributed by atoms with Gasteiger partial charge in [-0.3, -0.25) is 4.79 Å². The third kappa shape index (κ3) is 5.56. The molecule has 1 unspecified atom stereocenters. The average Bonchev–Trinajstić information content (AvgIpc) is 3.27. The molecule has 1 aliphatic carbocycles. The molecule has 0 bridgehead atoms. The SMILES string of the molecule is COc1ccc(CN(C(=O)CCC(C)N)C2CC2)cc1.Cl. The molecule has 2 rings (SSSR count). The smallest absolute Gasteiger partial charge is 0.223 e. The highest BCUT2D eigenvalue weighted by molar-refractivity contribution is 5.85. The number of rotatable bonds is 7. The van der Waals surface area contributed by atoms with Gasteiger partial charge in [0.05, 0.1) is 7.11 Å². The molecular formula is C16H25ClN2O2. The molecule has 118 valence electrons. The van der Waals surface area contributed by atoms with E-state index in [2.05, 4.69) is 0 Å². The number of hydrogen-bond acceptors (Lipinski definition) is 3. The maximum absolute atomic E-state index is 12.3. The van der Waals surface area contributed by atoms with E-state index in [1.165, 1.54) is 0 Å². The van der Waals surface area contributed by atoms with E-state index in [0.29, 0.717) is 19.0 Å². The number of hydrogen-bond donors (Lipinski definition) is 1. The van der Waals surface area contributed by atoms with Crippen LogP contribution in [0.15, 0.2) is 24.3 Å². The van der Waals surface area contributed by atoms with Gasteiger partial charge in [-0.1, -0.05) is 12.1 Å². The van der Waals surface area contributed by atoms with Gasteiger partial charge in [-0.25, -0.2) is 0 Å². The number of carbonyl (C=O) groups is 1. The minimum atomic E-state index is 0. The fourth-order valence-electron chi connectivity index (χ4n) is 2.23.